The van der Waals surface area contributed by atoms with Crippen LogP contribution in [0.4, 0.5) is 4.39 Å². The number of aromatic nitrogens is 2. The predicted molar refractivity (Wildman–Crippen MR) is 81.8 cm³/mol. The summed E-state index contributed by atoms with van der Waals surface area (Å²) in [5, 5.41) is 12.8. The third kappa shape index (κ3) is 2.92. The summed E-state index contributed by atoms with van der Waals surface area (Å²) in [4.78, 5) is 10.4. The minimum Gasteiger partial charge on any atom is -0.492 e. The molecule has 0 aliphatic carbocycles. The third-order valence-electron chi connectivity index (χ3n) is 3.30. The second-order valence-corrected chi connectivity index (χ2v) is 6.87. The molecule has 0 aliphatic rings. The average Bonchev–Trinajstić information content (AvgIpc) is 2.86. The van der Waals surface area contributed by atoms with Crippen molar-refractivity contribution in [1.29, 1.82) is 0 Å². The Kier molecular flexibility index (Phi) is 4.52. The van der Waals surface area contributed by atoms with Crippen LogP contribution in [0.1, 0.15) is 10.5 Å². The fourth-order valence-electron chi connectivity index (χ4n) is 2.34. The van der Waals surface area contributed by atoms with Crippen LogP contribution < -0.4 is 9.47 Å². The predicted octanol–water partition coefficient (Wildman–Crippen LogP) is 1.35. The van der Waals surface area contributed by atoms with Crippen molar-refractivity contribution in [2.75, 3.05) is 20.5 Å². The number of aryl methyl sites for hydroxylation is 1. The zero-order valence-corrected chi connectivity index (χ0v) is 14.1. The normalized spacial score (nSPS) is 11.4. The largest absolute Gasteiger partial charge is 0.492 e. The lowest BCUT2D eigenvalue weighted by atomic mass is 10.1. The van der Waals surface area contributed by atoms with Crippen molar-refractivity contribution in [3.8, 4) is 22.8 Å². The van der Waals surface area contributed by atoms with Crippen LogP contribution in [0.3, 0.4) is 0 Å². The Bertz CT molecular complexity index is 920. The number of carbonyl (C=O) groups is 1. The van der Waals surface area contributed by atoms with Gasteiger partial charge in [0.25, 0.3) is 0 Å². The molecule has 0 fully saturated rings. The molecule has 1 heterocycles. The summed E-state index contributed by atoms with van der Waals surface area (Å²) in [6, 6.07) is 2.17. The Hall–Kier alpha value is -2.62. The van der Waals surface area contributed by atoms with Crippen LogP contribution >= 0.6 is 0 Å². The fourth-order valence-corrected chi connectivity index (χ4v) is 3.27. The Balaban J connectivity index is 2.87. The van der Waals surface area contributed by atoms with Crippen LogP contribution in [0.15, 0.2) is 17.0 Å². The van der Waals surface area contributed by atoms with Gasteiger partial charge in [0.15, 0.2) is 27.0 Å². The van der Waals surface area contributed by atoms with Gasteiger partial charge in [0.05, 0.1) is 19.9 Å². The molecule has 8 nitrogen and oxygen atoms in total. The first kappa shape index (κ1) is 17.7. The lowest BCUT2D eigenvalue weighted by molar-refractivity contribution is 0.0689. The first-order valence-electron chi connectivity index (χ1n) is 6.54. The quantitative estimate of drug-likeness (QED) is 0.859. The zero-order valence-electron chi connectivity index (χ0n) is 13.3. The highest BCUT2D eigenvalue weighted by Crippen LogP contribution is 2.43. The van der Waals surface area contributed by atoms with Crippen molar-refractivity contribution in [2.45, 2.75) is 4.90 Å². The third-order valence-corrected chi connectivity index (χ3v) is 4.42. The first-order chi connectivity index (χ1) is 11.1. The number of carboxylic acids is 1. The first-order valence-corrected chi connectivity index (χ1v) is 8.43. The van der Waals surface area contributed by atoms with E-state index in [1.165, 1.54) is 32.0 Å². The van der Waals surface area contributed by atoms with E-state index in [1.807, 2.05) is 0 Å². The van der Waals surface area contributed by atoms with Gasteiger partial charge in [-0.3, -0.25) is 4.68 Å². The smallest absolute Gasteiger partial charge is 0.356 e. The van der Waals surface area contributed by atoms with Crippen LogP contribution in [0.5, 0.6) is 11.5 Å². The molecule has 1 aromatic carbocycles. The molecule has 0 unspecified atom stereocenters. The van der Waals surface area contributed by atoms with Gasteiger partial charge in [-0.15, -0.1) is 0 Å². The van der Waals surface area contributed by atoms with Gasteiger partial charge in [-0.1, -0.05) is 0 Å². The van der Waals surface area contributed by atoms with Gasteiger partial charge < -0.3 is 14.6 Å². The number of benzene rings is 1. The molecular weight excluding hydrogens is 343 g/mol. The van der Waals surface area contributed by atoms with Crippen LogP contribution in [0.25, 0.3) is 11.3 Å². The number of halogens is 1. The maximum Gasteiger partial charge on any atom is 0.356 e. The van der Waals surface area contributed by atoms with E-state index >= 15 is 0 Å². The molecule has 0 saturated heterocycles. The number of hydrogen-bond donors (Lipinski definition) is 1. The molecule has 0 amide bonds. The van der Waals surface area contributed by atoms with Crippen molar-refractivity contribution in [1.82, 2.24) is 9.78 Å². The van der Waals surface area contributed by atoms with Gasteiger partial charge >= 0.3 is 5.97 Å². The Morgan fingerprint density at radius 1 is 1.25 bits per heavy atom. The Labute approximate surface area is 137 Å². The average molecular weight is 358 g/mol. The summed E-state index contributed by atoms with van der Waals surface area (Å²) in [6.45, 7) is 0. The summed E-state index contributed by atoms with van der Waals surface area (Å²) < 4.78 is 49.6. The monoisotopic (exact) mass is 358 g/mol. The second-order valence-electron chi connectivity index (χ2n) is 4.92. The molecule has 0 saturated carbocycles. The summed E-state index contributed by atoms with van der Waals surface area (Å²) >= 11 is 0. The summed E-state index contributed by atoms with van der Waals surface area (Å²) in [5.74, 6) is -2.63. The number of ether oxygens (including phenoxy) is 2. The van der Waals surface area contributed by atoms with E-state index in [9.17, 15) is 17.6 Å². The van der Waals surface area contributed by atoms with E-state index in [4.69, 9.17) is 14.6 Å². The van der Waals surface area contributed by atoms with Gasteiger partial charge in [-0.05, 0) is 12.1 Å². The Morgan fingerprint density at radius 3 is 2.25 bits per heavy atom. The summed E-state index contributed by atoms with van der Waals surface area (Å²) in [5.41, 5.74) is 0.0874. The summed E-state index contributed by atoms with van der Waals surface area (Å²) in [7, 11) is -0.00846. The number of aromatic carboxylic acids is 1. The number of rotatable bonds is 5. The molecule has 10 heteroatoms. The molecule has 0 spiro atoms. The zero-order chi connectivity index (χ0) is 18.2. The van der Waals surface area contributed by atoms with Crippen molar-refractivity contribution in [2.24, 2.45) is 7.05 Å². The molecule has 0 aliphatic heterocycles. The van der Waals surface area contributed by atoms with Crippen molar-refractivity contribution in [3.05, 3.63) is 23.6 Å². The molecule has 0 atom stereocenters. The van der Waals surface area contributed by atoms with Crippen molar-refractivity contribution in [3.63, 3.8) is 0 Å². The Morgan fingerprint density at radius 2 is 1.83 bits per heavy atom. The fraction of sp³-hybridized carbons (Fsp3) is 0.286. The molecular formula is C14H15FN2O6S. The second kappa shape index (κ2) is 6.11. The number of sulfone groups is 1. The number of carboxylic acid groups (broad SMARTS) is 1. The van der Waals surface area contributed by atoms with Crippen LogP contribution in [-0.2, 0) is 16.9 Å². The van der Waals surface area contributed by atoms with Crippen LogP contribution in [0, 0.1) is 5.82 Å². The van der Waals surface area contributed by atoms with E-state index in [0.29, 0.717) is 0 Å². The maximum atomic E-state index is 14.4. The molecule has 1 N–H and O–H groups in total. The molecule has 0 bridgehead atoms. The number of nitrogens with zero attached hydrogens (tertiary/aromatic N) is 2. The highest BCUT2D eigenvalue weighted by Gasteiger charge is 2.28. The minimum absolute atomic E-state index is 0.0423. The number of hydrogen-bond acceptors (Lipinski definition) is 6. The SMILES string of the molecule is COc1c(-c2cc(C(=O)O)nn2C)cc(F)c(S(C)(=O)=O)c1OC. The highest BCUT2D eigenvalue weighted by atomic mass is 32.2. The standard InChI is InChI=1S/C14H15FN2O6S/c1-17-10(6-9(16-17)14(18)19)7-5-8(15)13(24(4,20)21)12(23-3)11(7)22-2/h5-6H,1-4H3,(H,18,19). The highest BCUT2D eigenvalue weighted by molar-refractivity contribution is 7.90. The van der Waals surface area contributed by atoms with Gasteiger partial charge in [-0.2, -0.15) is 5.10 Å². The number of methoxy groups -OCH3 is 2. The van der Waals surface area contributed by atoms with Crippen molar-refractivity contribution >= 4 is 15.8 Å². The lowest BCUT2D eigenvalue weighted by Gasteiger charge is -2.16. The molecule has 2 rings (SSSR count). The minimum atomic E-state index is -3.92. The van der Waals surface area contributed by atoms with Gasteiger partial charge in [0, 0.05) is 18.9 Å². The van der Waals surface area contributed by atoms with Crippen LogP contribution in [-0.4, -0.2) is 49.7 Å². The van der Waals surface area contributed by atoms with E-state index < -0.39 is 26.5 Å². The maximum absolute atomic E-state index is 14.4. The summed E-state index contributed by atoms with van der Waals surface area (Å²) in [6.07, 6.45) is 0.847. The van der Waals surface area contributed by atoms with Gasteiger partial charge in [0.2, 0.25) is 0 Å². The molecule has 1 aromatic heterocycles. The van der Waals surface area contributed by atoms with E-state index in [-0.39, 0.29) is 28.5 Å². The van der Waals surface area contributed by atoms with E-state index in [2.05, 4.69) is 5.10 Å². The van der Waals surface area contributed by atoms with Gasteiger partial charge in [0.1, 0.15) is 10.7 Å². The van der Waals surface area contributed by atoms with Gasteiger partial charge in [-0.25, -0.2) is 17.6 Å². The molecule has 130 valence electrons. The molecule has 0 radical (unpaired) electrons. The van der Waals surface area contributed by atoms with Crippen LogP contribution in [0.2, 0.25) is 0 Å². The van der Waals surface area contributed by atoms with E-state index in [0.717, 1.165) is 12.3 Å². The van der Waals surface area contributed by atoms with Crippen molar-refractivity contribution < 1.29 is 32.2 Å². The van der Waals surface area contributed by atoms with E-state index in [1.54, 1.807) is 0 Å². The molecule has 2 aromatic rings. The molecule has 24 heavy (non-hydrogen) atoms. The topological polar surface area (TPSA) is 108 Å². The lowest BCUT2D eigenvalue weighted by Crippen LogP contribution is -2.07.